The average Bonchev–Trinajstić information content (AvgIpc) is 3.00. The molecule has 1 atom stereocenters. The standard InChI is InChI=1S/C13H17ClN6O3/c1-6-12(14)8(3)20(19-6)5-10(21)15-7(2)13-16-9(17-18-13)4-11(22)23/h7H,4-5H2,1-3H3,(H,15,21)(H,22,23)(H,16,17,18)/t7-/m1/s1. The summed E-state index contributed by atoms with van der Waals surface area (Å²) in [4.78, 5) is 26.7. The molecule has 0 radical (unpaired) electrons. The fraction of sp³-hybridized carbons (Fsp3) is 0.462. The summed E-state index contributed by atoms with van der Waals surface area (Å²) in [6.07, 6.45) is -0.252. The Bertz CT molecular complexity index is 738. The predicted octanol–water partition coefficient (Wildman–Crippen LogP) is 0.776. The van der Waals surface area contributed by atoms with Crippen LogP contribution in [0.4, 0.5) is 0 Å². The first-order valence-corrected chi connectivity index (χ1v) is 7.27. The Morgan fingerprint density at radius 1 is 1.43 bits per heavy atom. The van der Waals surface area contributed by atoms with Crippen molar-refractivity contribution >= 4 is 23.5 Å². The van der Waals surface area contributed by atoms with Gasteiger partial charge in [0.15, 0.2) is 5.82 Å². The van der Waals surface area contributed by atoms with Gasteiger partial charge in [-0.1, -0.05) is 11.6 Å². The molecule has 0 aliphatic carbocycles. The van der Waals surface area contributed by atoms with Crippen molar-refractivity contribution in [1.82, 2.24) is 30.3 Å². The van der Waals surface area contributed by atoms with Gasteiger partial charge >= 0.3 is 5.97 Å². The van der Waals surface area contributed by atoms with Gasteiger partial charge in [-0.25, -0.2) is 4.98 Å². The quantitative estimate of drug-likeness (QED) is 0.713. The van der Waals surface area contributed by atoms with Crippen molar-refractivity contribution in [2.24, 2.45) is 0 Å². The molecule has 124 valence electrons. The third-order valence-corrected chi connectivity index (χ3v) is 3.77. The first-order valence-electron chi connectivity index (χ1n) is 6.89. The highest BCUT2D eigenvalue weighted by atomic mass is 35.5. The number of hydrogen-bond acceptors (Lipinski definition) is 5. The summed E-state index contributed by atoms with van der Waals surface area (Å²) in [6.45, 7) is 5.28. The Balaban J connectivity index is 1.97. The molecule has 10 heteroatoms. The second-order valence-corrected chi connectivity index (χ2v) is 5.52. The third-order valence-electron chi connectivity index (χ3n) is 3.22. The van der Waals surface area contributed by atoms with Crippen LogP contribution in [0.25, 0.3) is 0 Å². The van der Waals surface area contributed by atoms with Gasteiger partial charge in [0, 0.05) is 0 Å². The highest BCUT2D eigenvalue weighted by Crippen LogP contribution is 2.18. The van der Waals surface area contributed by atoms with Crippen molar-refractivity contribution in [3.8, 4) is 0 Å². The topological polar surface area (TPSA) is 126 Å². The molecule has 0 unspecified atom stereocenters. The molecule has 2 aromatic rings. The number of hydrogen-bond donors (Lipinski definition) is 3. The summed E-state index contributed by atoms with van der Waals surface area (Å²) in [7, 11) is 0. The molecule has 0 bridgehead atoms. The van der Waals surface area contributed by atoms with Gasteiger partial charge in [-0.15, -0.1) is 0 Å². The molecule has 1 amide bonds. The maximum atomic E-state index is 12.1. The van der Waals surface area contributed by atoms with Gasteiger partial charge < -0.3 is 10.4 Å². The molecule has 2 heterocycles. The van der Waals surface area contributed by atoms with Gasteiger partial charge in [-0.3, -0.25) is 19.4 Å². The van der Waals surface area contributed by atoms with Crippen LogP contribution < -0.4 is 5.32 Å². The van der Waals surface area contributed by atoms with Crippen molar-refractivity contribution in [1.29, 1.82) is 0 Å². The number of nitrogens with zero attached hydrogens (tertiary/aromatic N) is 4. The number of carbonyl (C=O) groups excluding carboxylic acids is 1. The van der Waals surface area contributed by atoms with Crippen molar-refractivity contribution in [2.45, 2.75) is 39.8 Å². The van der Waals surface area contributed by atoms with E-state index in [4.69, 9.17) is 16.7 Å². The molecular formula is C13H17ClN6O3. The molecule has 0 saturated heterocycles. The molecule has 2 aromatic heterocycles. The number of aryl methyl sites for hydroxylation is 1. The number of carbonyl (C=O) groups is 2. The highest BCUT2D eigenvalue weighted by Gasteiger charge is 2.17. The lowest BCUT2D eigenvalue weighted by Crippen LogP contribution is -2.31. The second-order valence-electron chi connectivity index (χ2n) is 5.14. The molecule has 0 fully saturated rings. The van der Waals surface area contributed by atoms with E-state index < -0.39 is 12.0 Å². The molecule has 3 N–H and O–H groups in total. The number of halogens is 1. The Labute approximate surface area is 137 Å². The van der Waals surface area contributed by atoms with Gasteiger partial charge in [0.2, 0.25) is 5.91 Å². The summed E-state index contributed by atoms with van der Waals surface area (Å²) in [5, 5.41) is 22.6. The lowest BCUT2D eigenvalue weighted by molar-refractivity contribution is -0.136. The minimum absolute atomic E-state index is 0.0239. The number of H-pyrrole nitrogens is 1. The van der Waals surface area contributed by atoms with Gasteiger partial charge in [0.1, 0.15) is 18.8 Å². The largest absolute Gasteiger partial charge is 0.481 e. The van der Waals surface area contributed by atoms with Crippen LogP contribution in [0.15, 0.2) is 0 Å². The normalized spacial score (nSPS) is 12.2. The Kier molecular flexibility index (Phi) is 4.99. The summed E-state index contributed by atoms with van der Waals surface area (Å²) >= 11 is 6.04. The van der Waals surface area contributed by atoms with Crippen LogP contribution in [-0.2, 0) is 22.6 Å². The van der Waals surface area contributed by atoms with Crippen molar-refractivity contribution < 1.29 is 14.7 Å². The van der Waals surface area contributed by atoms with E-state index in [-0.39, 0.29) is 24.7 Å². The minimum atomic E-state index is -1.01. The summed E-state index contributed by atoms with van der Waals surface area (Å²) < 4.78 is 1.52. The van der Waals surface area contributed by atoms with E-state index in [1.54, 1.807) is 20.8 Å². The Morgan fingerprint density at radius 3 is 2.70 bits per heavy atom. The molecule has 0 saturated carbocycles. The molecule has 0 aliphatic heterocycles. The minimum Gasteiger partial charge on any atom is -0.481 e. The number of carboxylic acid groups (broad SMARTS) is 1. The van der Waals surface area contributed by atoms with Gasteiger partial charge in [-0.2, -0.15) is 10.2 Å². The summed E-state index contributed by atoms with van der Waals surface area (Å²) in [6, 6.07) is -0.464. The molecule has 9 nitrogen and oxygen atoms in total. The van der Waals surface area contributed by atoms with E-state index >= 15 is 0 Å². The number of carboxylic acids is 1. The van der Waals surface area contributed by atoms with E-state index in [1.807, 2.05) is 0 Å². The molecular weight excluding hydrogens is 324 g/mol. The number of aromatic amines is 1. The van der Waals surface area contributed by atoms with Crippen LogP contribution in [0.5, 0.6) is 0 Å². The Hall–Kier alpha value is -2.42. The first-order chi connectivity index (χ1) is 10.8. The average molecular weight is 341 g/mol. The second kappa shape index (κ2) is 6.78. The maximum Gasteiger partial charge on any atom is 0.311 e. The van der Waals surface area contributed by atoms with Gasteiger partial charge in [0.05, 0.1) is 22.5 Å². The van der Waals surface area contributed by atoms with E-state index in [0.29, 0.717) is 22.2 Å². The molecule has 23 heavy (non-hydrogen) atoms. The van der Waals surface area contributed by atoms with Crippen LogP contribution >= 0.6 is 11.6 Å². The smallest absolute Gasteiger partial charge is 0.311 e. The first kappa shape index (κ1) is 16.9. The number of amides is 1. The Morgan fingerprint density at radius 2 is 2.13 bits per heavy atom. The maximum absolute atomic E-state index is 12.1. The SMILES string of the molecule is Cc1nn(CC(=O)N[C@H](C)c2n[nH]c(CC(=O)O)n2)c(C)c1Cl. The monoisotopic (exact) mass is 340 g/mol. The molecule has 0 spiro atoms. The zero-order chi connectivity index (χ0) is 17.1. The van der Waals surface area contributed by atoms with E-state index in [1.165, 1.54) is 4.68 Å². The summed E-state index contributed by atoms with van der Waals surface area (Å²) in [5.41, 5.74) is 1.38. The fourth-order valence-corrected chi connectivity index (χ4v) is 2.18. The van der Waals surface area contributed by atoms with E-state index in [9.17, 15) is 9.59 Å². The lowest BCUT2D eigenvalue weighted by atomic mass is 10.3. The number of nitrogens with one attached hydrogen (secondary N) is 2. The van der Waals surface area contributed by atoms with Crippen molar-refractivity contribution in [3.63, 3.8) is 0 Å². The van der Waals surface area contributed by atoms with Gasteiger partial charge in [-0.05, 0) is 20.8 Å². The van der Waals surface area contributed by atoms with Crippen molar-refractivity contribution in [3.05, 3.63) is 28.1 Å². The lowest BCUT2D eigenvalue weighted by Gasteiger charge is -2.11. The van der Waals surface area contributed by atoms with E-state index in [0.717, 1.165) is 0 Å². The van der Waals surface area contributed by atoms with Crippen LogP contribution in [0.2, 0.25) is 5.02 Å². The summed E-state index contributed by atoms with van der Waals surface area (Å²) in [5.74, 6) is -0.727. The zero-order valence-corrected chi connectivity index (χ0v) is 13.7. The van der Waals surface area contributed by atoms with E-state index in [2.05, 4.69) is 25.6 Å². The van der Waals surface area contributed by atoms with Crippen LogP contribution in [0.1, 0.15) is 36.0 Å². The van der Waals surface area contributed by atoms with Crippen LogP contribution in [-0.4, -0.2) is 41.9 Å². The zero-order valence-electron chi connectivity index (χ0n) is 12.9. The fourth-order valence-electron chi connectivity index (χ4n) is 2.04. The predicted molar refractivity (Wildman–Crippen MR) is 81.0 cm³/mol. The number of rotatable bonds is 6. The molecule has 0 aromatic carbocycles. The molecule has 2 rings (SSSR count). The third kappa shape index (κ3) is 4.07. The highest BCUT2D eigenvalue weighted by molar-refractivity contribution is 6.31. The van der Waals surface area contributed by atoms with Gasteiger partial charge in [0.25, 0.3) is 0 Å². The molecule has 0 aliphatic rings. The van der Waals surface area contributed by atoms with Crippen molar-refractivity contribution in [2.75, 3.05) is 0 Å². The van der Waals surface area contributed by atoms with Crippen LogP contribution in [0, 0.1) is 13.8 Å². The number of aromatic nitrogens is 5. The number of aliphatic carboxylic acids is 1. The van der Waals surface area contributed by atoms with Crippen LogP contribution in [0.3, 0.4) is 0 Å².